The molecule has 0 radical (unpaired) electrons. The standard InChI is InChI=1S/C36H38N2O6/c1-39-29-10-7-22-16-28-34-24(12-14-38-28)19-33(41-3)35(42-4)36(34)44-32-20-26-23(18-30(32)40-2)11-13-37-27(26)15-21-5-8-25(9-6-21)43-31(29)17-22/h5-10,17-20,27-28,37-38H,11-16H2,1-4H3/t27-,28-/m0/s1. The van der Waals surface area contributed by atoms with E-state index in [1.54, 1.807) is 28.4 Å². The first-order chi connectivity index (χ1) is 21.6. The van der Waals surface area contributed by atoms with E-state index >= 15 is 0 Å². The summed E-state index contributed by atoms with van der Waals surface area (Å²) in [5, 5.41) is 7.47. The fourth-order valence-electron chi connectivity index (χ4n) is 6.77. The molecule has 4 aromatic rings. The van der Waals surface area contributed by atoms with E-state index in [9.17, 15) is 0 Å². The molecule has 0 unspecified atom stereocenters. The van der Waals surface area contributed by atoms with Gasteiger partial charge in [-0.15, -0.1) is 0 Å². The van der Waals surface area contributed by atoms with Crippen LogP contribution in [0.25, 0.3) is 0 Å². The number of rotatable bonds is 4. The summed E-state index contributed by atoms with van der Waals surface area (Å²) in [7, 11) is 6.68. The number of hydrogen-bond acceptors (Lipinski definition) is 8. The predicted octanol–water partition coefficient (Wildman–Crippen LogP) is 6.48. The minimum absolute atomic E-state index is 0.0500. The first-order valence-corrected chi connectivity index (χ1v) is 15.1. The first kappa shape index (κ1) is 28.4. The number of nitrogens with one attached hydrogen (secondary N) is 2. The minimum atomic E-state index is -0.0500. The maximum atomic E-state index is 6.92. The van der Waals surface area contributed by atoms with E-state index in [0.29, 0.717) is 46.7 Å². The lowest BCUT2D eigenvalue weighted by Gasteiger charge is -2.32. The maximum Gasteiger partial charge on any atom is 0.204 e. The van der Waals surface area contributed by atoms with Crippen molar-refractivity contribution in [2.75, 3.05) is 41.5 Å². The second kappa shape index (κ2) is 11.9. The molecule has 6 bridgehead atoms. The molecule has 4 aromatic carbocycles. The Kier molecular flexibility index (Phi) is 7.70. The molecule has 8 nitrogen and oxygen atoms in total. The first-order valence-electron chi connectivity index (χ1n) is 15.1. The van der Waals surface area contributed by atoms with Gasteiger partial charge in [0.05, 0.1) is 28.4 Å². The topological polar surface area (TPSA) is 79.4 Å². The van der Waals surface area contributed by atoms with Crippen LogP contribution < -0.4 is 39.1 Å². The molecule has 44 heavy (non-hydrogen) atoms. The average molecular weight is 595 g/mol. The Balaban J connectivity index is 1.44. The molecule has 4 aliphatic rings. The molecule has 8 rings (SSSR count). The zero-order valence-electron chi connectivity index (χ0n) is 25.6. The fraction of sp³-hybridized carbons (Fsp3) is 0.333. The highest BCUT2D eigenvalue weighted by atomic mass is 16.5. The summed E-state index contributed by atoms with van der Waals surface area (Å²) >= 11 is 0. The Morgan fingerprint density at radius 3 is 2.02 bits per heavy atom. The second-order valence-electron chi connectivity index (χ2n) is 11.5. The normalized spacial score (nSPS) is 18.5. The summed E-state index contributed by atoms with van der Waals surface area (Å²) in [6, 6.07) is 20.8. The van der Waals surface area contributed by atoms with Crippen molar-refractivity contribution in [3.63, 3.8) is 0 Å². The van der Waals surface area contributed by atoms with E-state index in [-0.39, 0.29) is 12.1 Å². The van der Waals surface area contributed by atoms with E-state index in [1.165, 1.54) is 16.7 Å². The van der Waals surface area contributed by atoms with Crippen molar-refractivity contribution in [2.45, 2.75) is 37.8 Å². The highest BCUT2D eigenvalue weighted by molar-refractivity contribution is 5.63. The van der Waals surface area contributed by atoms with Gasteiger partial charge in [0.2, 0.25) is 5.75 Å². The van der Waals surface area contributed by atoms with Crippen molar-refractivity contribution in [2.24, 2.45) is 0 Å². The molecular formula is C36H38N2O6. The van der Waals surface area contributed by atoms with Gasteiger partial charge in [0.15, 0.2) is 34.5 Å². The largest absolute Gasteiger partial charge is 0.493 e. The van der Waals surface area contributed by atoms with Crippen LogP contribution in [0.5, 0.6) is 46.0 Å². The number of methoxy groups -OCH3 is 4. The molecule has 2 atom stereocenters. The zero-order chi connectivity index (χ0) is 30.2. The van der Waals surface area contributed by atoms with Crippen LogP contribution in [0.2, 0.25) is 0 Å². The molecule has 0 spiro atoms. The van der Waals surface area contributed by atoms with Crippen LogP contribution in [0.1, 0.15) is 45.5 Å². The molecule has 228 valence electrons. The van der Waals surface area contributed by atoms with E-state index in [2.05, 4.69) is 53.1 Å². The predicted molar refractivity (Wildman–Crippen MR) is 168 cm³/mol. The SMILES string of the molecule is COc1ccc2cc1Oc1ccc(cc1)C[C@@H]1NCCc3cc(OC)c(cc31)Oc1c(OC)c(OC)cc3c1[C@H](C2)NCC3. The minimum Gasteiger partial charge on any atom is -0.493 e. The molecular weight excluding hydrogens is 556 g/mol. The van der Waals surface area contributed by atoms with Crippen LogP contribution in [-0.2, 0) is 25.7 Å². The lowest BCUT2D eigenvalue weighted by Crippen LogP contribution is -2.32. The summed E-state index contributed by atoms with van der Waals surface area (Å²) in [6.07, 6.45) is 3.27. The quantitative estimate of drug-likeness (QED) is 0.278. The van der Waals surface area contributed by atoms with Crippen molar-refractivity contribution in [1.82, 2.24) is 10.6 Å². The van der Waals surface area contributed by atoms with Crippen molar-refractivity contribution in [1.29, 1.82) is 0 Å². The van der Waals surface area contributed by atoms with E-state index in [1.807, 2.05) is 18.2 Å². The smallest absolute Gasteiger partial charge is 0.204 e. The number of hydrogen-bond donors (Lipinski definition) is 2. The van der Waals surface area contributed by atoms with E-state index < -0.39 is 0 Å². The van der Waals surface area contributed by atoms with E-state index in [0.717, 1.165) is 54.8 Å². The summed E-state index contributed by atoms with van der Waals surface area (Å²) < 4.78 is 36.7. The van der Waals surface area contributed by atoms with Crippen LogP contribution >= 0.6 is 0 Å². The number of benzene rings is 4. The van der Waals surface area contributed by atoms with Crippen LogP contribution in [0, 0.1) is 0 Å². The molecule has 2 N–H and O–H groups in total. The van der Waals surface area contributed by atoms with Crippen LogP contribution in [0.4, 0.5) is 0 Å². The molecule has 0 fully saturated rings. The summed E-state index contributed by atoms with van der Waals surface area (Å²) in [5.41, 5.74) is 7.00. The molecule has 0 saturated heterocycles. The van der Waals surface area contributed by atoms with Crippen LogP contribution in [-0.4, -0.2) is 41.5 Å². The Morgan fingerprint density at radius 1 is 0.614 bits per heavy atom. The molecule has 0 aliphatic carbocycles. The van der Waals surface area contributed by atoms with Gasteiger partial charge in [-0.3, -0.25) is 0 Å². The third kappa shape index (κ3) is 5.18. The van der Waals surface area contributed by atoms with E-state index in [4.69, 9.17) is 28.4 Å². The lowest BCUT2D eigenvalue weighted by atomic mass is 9.88. The Hall–Kier alpha value is -4.40. The molecule has 4 aliphatic heterocycles. The van der Waals surface area contributed by atoms with Gasteiger partial charge in [0.25, 0.3) is 0 Å². The third-order valence-electron chi connectivity index (χ3n) is 8.94. The molecule has 0 saturated carbocycles. The highest BCUT2D eigenvalue weighted by Gasteiger charge is 2.32. The van der Waals surface area contributed by atoms with Gasteiger partial charge in [-0.2, -0.15) is 0 Å². The highest BCUT2D eigenvalue weighted by Crippen LogP contribution is 2.50. The maximum absolute atomic E-state index is 6.92. The van der Waals surface area contributed by atoms with Crippen molar-refractivity contribution in [3.8, 4) is 46.0 Å². The van der Waals surface area contributed by atoms with Crippen LogP contribution in [0.3, 0.4) is 0 Å². The van der Waals surface area contributed by atoms with Crippen molar-refractivity contribution < 1.29 is 28.4 Å². The Bertz CT molecular complexity index is 1690. The monoisotopic (exact) mass is 594 g/mol. The van der Waals surface area contributed by atoms with Gasteiger partial charge in [-0.25, -0.2) is 0 Å². The van der Waals surface area contributed by atoms with Gasteiger partial charge < -0.3 is 39.1 Å². The van der Waals surface area contributed by atoms with Gasteiger partial charge in [0, 0.05) is 17.6 Å². The van der Waals surface area contributed by atoms with Gasteiger partial charge >= 0.3 is 0 Å². The summed E-state index contributed by atoms with van der Waals surface area (Å²) in [6.45, 7) is 1.72. The van der Waals surface area contributed by atoms with Crippen molar-refractivity contribution >= 4 is 0 Å². The number of fused-ring (bicyclic) bond motifs is 2. The van der Waals surface area contributed by atoms with Crippen molar-refractivity contribution in [3.05, 3.63) is 94.0 Å². The average Bonchev–Trinajstić information content (AvgIpc) is 3.05. The molecule has 4 heterocycles. The Morgan fingerprint density at radius 2 is 1.27 bits per heavy atom. The molecule has 8 heteroatoms. The summed E-state index contributed by atoms with van der Waals surface area (Å²) in [5.74, 6) is 5.31. The van der Waals surface area contributed by atoms with Gasteiger partial charge in [-0.1, -0.05) is 18.2 Å². The fourth-order valence-corrected chi connectivity index (χ4v) is 6.77. The second-order valence-corrected chi connectivity index (χ2v) is 11.5. The zero-order valence-corrected chi connectivity index (χ0v) is 25.6. The van der Waals surface area contributed by atoms with Crippen LogP contribution in [0.15, 0.2) is 60.7 Å². The lowest BCUT2D eigenvalue weighted by molar-refractivity contribution is 0.322. The third-order valence-corrected chi connectivity index (χ3v) is 8.94. The van der Waals surface area contributed by atoms with Gasteiger partial charge in [0.1, 0.15) is 5.75 Å². The Labute approximate surface area is 258 Å². The summed E-state index contributed by atoms with van der Waals surface area (Å²) in [4.78, 5) is 0. The molecule has 0 aromatic heterocycles. The number of ether oxygens (including phenoxy) is 6. The van der Waals surface area contributed by atoms with Gasteiger partial charge in [-0.05, 0) is 109 Å². The molecule has 0 amide bonds.